The van der Waals surface area contributed by atoms with E-state index in [1.165, 1.54) is 12.0 Å². The number of anilines is 1. The lowest BCUT2D eigenvalue weighted by Crippen LogP contribution is -2.26. The van der Waals surface area contributed by atoms with Gasteiger partial charge in [0, 0.05) is 24.7 Å². The highest BCUT2D eigenvalue weighted by atomic mass is 16.5. The maximum atomic E-state index is 12.0. The highest BCUT2D eigenvalue weighted by Crippen LogP contribution is 2.27. The molecule has 1 amide bonds. The molecule has 1 saturated heterocycles. The first-order valence-electron chi connectivity index (χ1n) is 6.09. The number of rotatable bonds is 2. The van der Waals surface area contributed by atoms with Crippen molar-refractivity contribution in [3.63, 3.8) is 0 Å². The predicted octanol–water partition coefficient (Wildman–Crippen LogP) is 0.647. The van der Waals surface area contributed by atoms with Crippen LogP contribution in [-0.4, -0.2) is 30.5 Å². The fourth-order valence-electron chi connectivity index (χ4n) is 2.38. The molecule has 0 radical (unpaired) electrons. The van der Waals surface area contributed by atoms with Gasteiger partial charge >= 0.3 is 11.7 Å². The van der Waals surface area contributed by atoms with E-state index in [1.54, 1.807) is 18.2 Å². The minimum absolute atomic E-state index is 0.127. The molecule has 1 fully saturated rings. The molecule has 1 N–H and O–H groups in total. The average molecular weight is 276 g/mol. The first kappa shape index (κ1) is 12.5. The number of fused-ring (bicyclic) bond motifs is 1. The summed E-state index contributed by atoms with van der Waals surface area (Å²) in [7, 11) is 1.30. The number of carbonyl (C=O) groups is 2. The molecule has 1 atom stereocenters. The number of hydrogen-bond acceptors (Lipinski definition) is 5. The van der Waals surface area contributed by atoms with Crippen LogP contribution >= 0.6 is 0 Å². The highest BCUT2D eigenvalue weighted by molar-refractivity contribution is 6.00. The van der Waals surface area contributed by atoms with Gasteiger partial charge in [0.15, 0.2) is 5.58 Å². The summed E-state index contributed by atoms with van der Waals surface area (Å²) in [6, 6.07) is 4.96. The largest absolute Gasteiger partial charge is 0.469 e. The molecule has 0 saturated carbocycles. The van der Waals surface area contributed by atoms with Gasteiger partial charge in [0.1, 0.15) is 0 Å². The molecule has 7 nitrogen and oxygen atoms in total. The number of nitrogens with zero attached hydrogens (tertiary/aromatic N) is 1. The minimum Gasteiger partial charge on any atom is -0.469 e. The van der Waals surface area contributed by atoms with Gasteiger partial charge in [-0.15, -0.1) is 0 Å². The van der Waals surface area contributed by atoms with Gasteiger partial charge in [-0.3, -0.25) is 14.6 Å². The summed E-state index contributed by atoms with van der Waals surface area (Å²) >= 11 is 0. The molecule has 3 rings (SSSR count). The van der Waals surface area contributed by atoms with Crippen LogP contribution in [0.1, 0.15) is 6.42 Å². The van der Waals surface area contributed by atoms with Crippen LogP contribution in [0, 0.1) is 5.92 Å². The molecule has 1 aromatic heterocycles. The molecule has 0 aliphatic carbocycles. The van der Waals surface area contributed by atoms with Crippen LogP contribution < -0.4 is 10.7 Å². The fraction of sp³-hybridized carbons (Fsp3) is 0.308. The highest BCUT2D eigenvalue weighted by Gasteiger charge is 2.35. The molecular weight excluding hydrogens is 264 g/mol. The van der Waals surface area contributed by atoms with Crippen molar-refractivity contribution in [3.8, 4) is 0 Å². The van der Waals surface area contributed by atoms with Crippen molar-refractivity contribution in [3.05, 3.63) is 28.7 Å². The molecule has 1 unspecified atom stereocenters. The second-order valence-corrected chi connectivity index (χ2v) is 4.62. The number of ether oxygens (including phenoxy) is 1. The summed E-state index contributed by atoms with van der Waals surface area (Å²) in [5.74, 6) is -1.55. The lowest BCUT2D eigenvalue weighted by Gasteiger charge is -2.15. The molecule has 20 heavy (non-hydrogen) atoms. The molecule has 1 aliphatic rings. The second kappa shape index (κ2) is 4.52. The van der Waals surface area contributed by atoms with E-state index in [0.717, 1.165) is 0 Å². The standard InChI is InChI=1S/C13H12N2O5/c1-19-12(17)7-4-11(16)15(6-7)8-2-3-9-10(5-8)20-13(18)14-9/h2-3,5,7H,4,6H2,1H3,(H,14,18). The summed E-state index contributed by atoms with van der Waals surface area (Å²) in [5, 5.41) is 0. The van der Waals surface area contributed by atoms with Crippen LogP contribution in [0.4, 0.5) is 5.69 Å². The molecule has 7 heteroatoms. The van der Waals surface area contributed by atoms with E-state index >= 15 is 0 Å². The van der Waals surface area contributed by atoms with Crippen LogP contribution in [-0.2, 0) is 14.3 Å². The van der Waals surface area contributed by atoms with Gasteiger partial charge in [0.2, 0.25) is 5.91 Å². The van der Waals surface area contributed by atoms with Gasteiger partial charge in [0.05, 0.1) is 18.5 Å². The number of benzene rings is 1. The molecule has 0 spiro atoms. The summed E-state index contributed by atoms with van der Waals surface area (Å²) in [6.45, 7) is 0.270. The van der Waals surface area contributed by atoms with E-state index in [1.807, 2.05) is 0 Å². The Morgan fingerprint density at radius 3 is 3.00 bits per heavy atom. The molecule has 104 valence electrons. The molecule has 2 heterocycles. The van der Waals surface area contributed by atoms with Crippen molar-refractivity contribution >= 4 is 28.7 Å². The van der Waals surface area contributed by atoms with E-state index in [-0.39, 0.29) is 18.9 Å². The number of carbonyl (C=O) groups excluding carboxylic acids is 2. The third kappa shape index (κ3) is 1.97. The summed E-state index contributed by atoms with van der Waals surface area (Å²) < 4.78 is 9.62. The second-order valence-electron chi connectivity index (χ2n) is 4.62. The maximum Gasteiger partial charge on any atom is 0.417 e. The average Bonchev–Trinajstić information content (AvgIpc) is 2.98. The molecule has 2 aromatic rings. The maximum absolute atomic E-state index is 12.0. The number of nitrogens with one attached hydrogen (secondary N) is 1. The molecule has 1 aromatic carbocycles. The first-order valence-corrected chi connectivity index (χ1v) is 6.09. The number of methoxy groups -OCH3 is 1. The van der Waals surface area contributed by atoms with Crippen molar-refractivity contribution in [2.24, 2.45) is 5.92 Å². The Kier molecular flexibility index (Phi) is 2.81. The van der Waals surface area contributed by atoms with Crippen molar-refractivity contribution < 1.29 is 18.7 Å². The third-order valence-corrected chi connectivity index (χ3v) is 3.38. The topological polar surface area (TPSA) is 92.6 Å². The normalized spacial score (nSPS) is 18.8. The molecule has 1 aliphatic heterocycles. The summed E-state index contributed by atoms with van der Waals surface area (Å²) in [4.78, 5) is 38.6. The number of oxazole rings is 1. The number of esters is 1. The van der Waals surface area contributed by atoms with E-state index in [0.29, 0.717) is 16.8 Å². The van der Waals surface area contributed by atoms with E-state index in [2.05, 4.69) is 9.72 Å². The van der Waals surface area contributed by atoms with Crippen molar-refractivity contribution in [1.82, 2.24) is 4.98 Å². The number of H-pyrrole nitrogens is 1. The van der Waals surface area contributed by atoms with Crippen LogP contribution in [0.25, 0.3) is 11.1 Å². The zero-order valence-corrected chi connectivity index (χ0v) is 10.7. The number of aromatic amines is 1. The van der Waals surface area contributed by atoms with Crippen LogP contribution in [0.3, 0.4) is 0 Å². The van der Waals surface area contributed by atoms with E-state index in [4.69, 9.17) is 4.42 Å². The van der Waals surface area contributed by atoms with E-state index < -0.39 is 17.6 Å². The Morgan fingerprint density at radius 2 is 2.25 bits per heavy atom. The third-order valence-electron chi connectivity index (χ3n) is 3.38. The Hall–Kier alpha value is -2.57. The Morgan fingerprint density at radius 1 is 1.45 bits per heavy atom. The Labute approximate surface area is 113 Å². The lowest BCUT2D eigenvalue weighted by atomic mass is 10.1. The number of aromatic nitrogens is 1. The van der Waals surface area contributed by atoms with Crippen molar-refractivity contribution in [1.29, 1.82) is 0 Å². The van der Waals surface area contributed by atoms with E-state index in [9.17, 15) is 14.4 Å². The van der Waals surface area contributed by atoms with Gasteiger partial charge in [-0.2, -0.15) is 0 Å². The first-order chi connectivity index (χ1) is 9.58. The minimum atomic E-state index is -0.544. The van der Waals surface area contributed by atoms with Crippen LogP contribution in [0.2, 0.25) is 0 Å². The molecule has 0 bridgehead atoms. The van der Waals surface area contributed by atoms with Gasteiger partial charge in [-0.1, -0.05) is 0 Å². The predicted molar refractivity (Wildman–Crippen MR) is 69.3 cm³/mol. The Balaban J connectivity index is 1.92. The van der Waals surface area contributed by atoms with Crippen LogP contribution in [0.5, 0.6) is 0 Å². The zero-order chi connectivity index (χ0) is 14.3. The number of hydrogen-bond donors (Lipinski definition) is 1. The summed E-state index contributed by atoms with van der Waals surface area (Å²) in [6.07, 6.45) is 0.127. The van der Waals surface area contributed by atoms with Gasteiger partial charge in [0.25, 0.3) is 0 Å². The zero-order valence-electron chi connectivity index (χ0n) is 10.7. The van der Waals surface area contributed by atoms with Crippen molar-refractivity contribution in [2.75, 3.05) is 18.6 Å². The van der Waals surface area contributed by atoms with Gasteiger partial charge in [-0.05, 0) is 12.1 Å². The summed E-state index contributed by atoms with van der Waals surface area (Å²) in [5.41, 5.74) is 1.54. The molecular formula is C13H12N2O5. The monoisotopic (exact) mass is 276 g/mol. The smallest absolute Gasteiger partial charge is 0.417 e. The SMILES string of the molecule is COC(=O)C1CC(=O)N(c2ccc3[nH]c(=O)oc3c2)C1. The Bertz CT molecular complexity index is 745. The quantitative estimate of drug-likeness (QED) is 0.813. The van der Waals surface area contributed by atoms with Gasteiger partial charge in [-0.25, -0.2) is 4.79 Å². The lowest BCUT2D eigenvalue weighted by molar-refractivity contribution is -0.145. The fourth-order valence-corrected chi connectivity index (χ4v) is 2.38. The number of amides is 1. The van der Waals surface area contributed by atoms with Crippen LogP contribution in [0.15, 0.2) is 27.4 Å². The van der Waals surface area contributed by atoms with Gasteiger partial charge < -0.3 is 14.1 Å². The van der Waals surface area contributed by atoms with Crippen molar-refractivity contribution in [2.45, 2.75) is 6.42 Å².